The average Bonchev–Trinajstić information content (AvgIpc) is 2.18. The molecule has 2 aromatic rings. The fraction of sp³-hybridized carbons (Fsp3) is 0.111. The first kappa shape index (κ1) is 7.79. The average molecular weight is 175 g/mol. The van der Waals surface area contributed by atoms with Gasteiger partial charge in [0.2, 0.25) is 0 Å². The number of fused-ring (bicyclic) bond motifs is 1. The third-order valence-corrected chi connectivity index (χ3v) is 1.88. The van der Waals surface area contributed by atoms with Crippen LogP contribution in [0.15, 0.2) is 35.4 Å². The lowest BCUT2D eigenvalue weighted by Gasteiger charge is -2.02. The van der Waals surface area contributed by atoms with Gasteiger partial charge in [0, 0.05) is 37.3 Å². The number of rotatable bonds is 1. The Hall–Kier alpha value is -1.84. The van der Waals surface area contributed by atoms with Gasteiger partial charge < -0.3 is 5.32 Å². The molecule has 0 aliphatic heterocycles. The lowest BCUT2D eigenvalue weighted by atomic mass is 10.4. The van der Waals surface area contributed by atoms with Crippen LogP contribution in [0.4, 0.5) is 5.69 Å². The van der Waals surface area contributed by atoms with Crippen LogP contribution in [0.5, 0.6) is 0 Å². The Morgan fingerprint density at radius 1 is 1.46 bits per heavy atom. The standard InChI is InChI=1S/C9H9N3O/c1-10-7-3-5-12-8(6-7)11-4-2-9(12)13/h2-6,10H,1H3. The maximum absolute atomic E-state index is 11.3. The largest absolute Gasteiger partial charge is 0.388 e. The molecule has 2 heterocycles. The number of hydrogen-bond donors (Lipinski definition) is 1. The van der Waals surface area contributed by atoms with E-state index in [1.807, 2.05) is 19.2 Å². The number of aromatic nitrogens is 2. The molecule has 4 heteroatoms. The van der Waals surface area contributed by atoms with Gasteiger partial charge in [0.15, 0.2) is 0 Å². The molecule has 4 nitrogen and oxygen atoms in total. The highest BCUT2D eigenvalue weighted by atomic mass is 16.1. The zero-order chi connectivity index (χ0) is 9.26. The SMILES string of the molecule is CNc1ccn2c(=O)ccnc2c1. The minimum absolute atomic E-state index is 0.0624. The summed E-state index contributed by atoms with van der Waals surface area (Å²) >= 11 is 0. The third kappa shape index (κ3) is 1.26. The molecule has 2 aromatic heterocycles. The van der Waals surface area contributed by atoms with Crippen molar-refractivity contribution >= 4 is 11.3 Å². The van der Waals surface area contributed by atoms with Crippen LogP contribution in [-0.4, -0.2) is 16.4 Å². The summed E-state index contributed by atoms with van der Waals surface area (Å²) in [5, 5.41) is 2.98. The quantitative estimate of drug-likeness (QED) is 0.695. The summed E-state index contributed by atoms with van der Waals surface area (Å²) in [5.41, 5.74) is 1.53. The van der Waals surface area contributed by atoms with E-state index >= 15 is 0 Å². The van der Waals surface area contributed by atoms with Crippen molar-refractivity contribution < 1.29 is 0 Å². The van der Waals surface area contributed by atoms with Crippen molar-refractivity contribution in [1.29, 1.82) is 0 Å². The van der Waals surface area contributed by atoms with Crippen LogP contribution in [0, 0.1) is 0 Å². The van der Waals surface area contributed by atoms with Gasteiger partial charge in [-0.2, -0.15) is 0 Å². The summed E-state index contributed by atoms with van der Waals surface area (Å²) in [7, 11) is 1.83. The van der Waals surface area contributed by atoms with Crippen molar-refractivity contribution in [3.05, 3.63) is 40.9 Å². The van der Waals surface area contributed by atoms with Gasteiger partial charge in [0.25, 0.3) is 5.56 Å². The Labute approximate surface area is 74.9 Å². The minimum atomic E-state index is -0.0624. The first-order valence-electron chi connectivity index (χ1n) is 3.96. The fourth-order valence-electron chi connectivity index (χ4n) is 1.19. The second-order valence-corrected chi connectivity index (χ2v) is 2.68. The van der Waals surface area contributed by atoms with Gasteiger partial charge in [-0.3, -0.25) is 9.20 Å². The number of nitrogens with zero attached hydrogens (tertiary/aromatic N) is 2. The van der Waals surface area contributed by atoms with E-state index in [4.69, 9.17) is 0 Å². The molecule has 13 heavy (non-hydrogen) atoms. The summed E-state index contributed by atoms with van der Waals surface area (Å²) in [6.45, 7) is 0. The zero-order valence-corrected chi connectivity index (χ0v) is 7.19. The topological polar surface area (TPSA) is 46.4 Å². The molecule has 0 saturated carbocycles. The molecule has 0 aromatic carbocycles. The number of pyridine rings is 1. The van der Waals surface area contributed by atoms with E-state index in [9.17, 15) is 4.79 Å². The van der Waals surface area contributed by atoms with Crippen LogP contribution >= 0.6 is 0 Å². The summed E-state index contributed by atoms with van der Waals surface area (Å²) < 4.78 is 1.50. The van der Waals surface area contributed by atoms with Gasteiger partial charge in [0.1, 0.15) is 5.65 Å². The van der Waals surface area contributed by atoms with Crippen LogP contribution in [-0.2, 0) is 0 Å². The lowest BCUT2D eigenvalue weighted by molar-refractivity contribution is 1.05. The summed E-state index contributed by atoms with van der Waals surface area (Å²) in [5.74, 6) is 0. The van der Waals surface area contributed by atoms with Crippen molar-refractivity contribution in [3.8, 4) is 0 Å². The highest BCUT2D eigenvalue weighted by Gasteiger charge is 1.95. The normalized spacial score (nSPS) is 10.2. The van der Waals surface area contributed by atoms with Gasteiger partial charge in [-0.05, 0) is 6.07 Å². The molecular formula is C9H9N3O. The van der Waals surface area contributed by atoms with Crippen molar-refractivity contribution in [2.45, 2.75) is 0 Å². The Bertz CT molecular complexity index is 489. The fourth-order valence-corrected chi connectivity index (χ4v) is 1.19. The molecule has 0 fully saturated rings. The highest BCUT2D eigenvalue weighted by molar-refractivity contribution is 5.53. The van der Waals surface area contributed by atoms with E-state index in [2.05, 4.69) is 10.3 Å². The predicted molar refractivity (Wildman–Crippen MR) is 51.0 cm³/mol. The van der Waals surface area contributed by atoms with Crippen molar-refractivity contribution in [2.24, 2.45) is 0 Å². The van der Waals surface area contributed by atoms with E-state index in [-0.39, 0.29) is 5.56 Å². The summed E-state index contributed by atoms with van der Waals surface area (Å²) in [6.07, 6.45) is 3.22. The van der Waals surface area contributed by atoms with Crippen molar-refractivity contribution in [1.82, 2.24) is 9.38 Å². The number of anilines is 1. The van der Waals surface area contributed by atoms with Crippen LogP contribution in [0.1, 0.15) is 0 Å². The first-order valence-corrected chi connectivity index (χ1v) is 3.96. The maximum atomic E-state index is 11.3. The number of nitrogens with one attached hydrogen (secondary N) is 1. The third-order valence-electron chi connectivity index (χ3n) is 1.88. The summed E-state index contributed by atoms with van der Waals surface area (Å²) in [4.78, 5) is 15.4. The van der Waals surface area contributed by atoms with Crippen LogP contribution < -0.4 is 10.9 Å². The predicted octanol–water partition coefficient (Wildman–Crippen LogP) is 0.736. The molecule has 0 spiro atoms. The van der Waals surface area contributed by atoms with E-state index in [1.165, 1.54) is 16.7 Å². The molecule has 0 aliphatic rings. The van der Waals surface area contributed by atoms with Crippen molar-refractivity contribution in [2.75, 3.05) is 12.4 Å². The Kier molecular flexibility index (Phi) is 1.73. The second kappa shape index (κ2) is 2.90. The van der Waals surface area contributed by atoms with E-state index in [0.717, 1.165) is 5.69 Å². The lowest BCUT2D eigenvalue weighted by Crippen LogP contribution is -2.12. The van der Waals surface area contributed by atoms with E-state index < -0.39 is 0 Å². The Morgan fingerprint density at radius 2 is 2.31 bits per heavy atom. The summed E-state index contributed by atoms with van der Waals surface area (Å²) in [6, 6.07) is 5.09. The molecule has 0 saturated heterocycles. The van der Waals surface area contributed by atoms with Gasteiger partial charge >= 0.3 is 0 Å². The number of hydrogen-bond acceptors (Lipinski definition) is 3. The van der Waals surface area contributed by atoms with Crippen LogP contribution in [0.25, 0.3) is 5.65 Å². The van der Waals surface area contributed by atoms with Gasteiger partial charge in [0.05, 0.1) is 0 Å². The molecule has 0 amide bonds. The molecule has 0 bridgehead atoms. The monoisotopic (exact) mass is 175 g/mol. The Balaban J connectivity index is 2.80. The molecular weight excluding hydrogens is 166 g/mol. The Morgan fingerprint density at radius 3 is 3.08 bits per heavy atom. The first-order chi connectivity index (χ1) is 6.31. The smallest absolute Gasteiger partial charge is 0.257 e. The molecule has 2 rings (SSSR count). The molecule has 0 atom stereocenters. The molecule has 0 radical (unpaired) electrons. The molecule has 0 aliphatic carbocycles. The van der Waals surface area contributed by atoms with Crippen LogP contribution in [0.3, 0.4) is 0 Å². The molecule has 1 N–H and O–H groups in total. The zero-order valence-electron chi connectivity index (χ0n) is 7.19. The van der Waals surface area contributed by atoms with Gasteiger partial charge in [-0.1, -0.05) is 0 Å². The van der Waals surface area contributed by atoms with Gasteiger partial charge in [-0.25, -0.2) is 4.98 Å². The van der Waals surface area contributed by atoms with E-state index in [0.29, 0.717) is 5.65 Å². The second-order valence-electron chi connectivity index (χ2n) is 2.68. The minimum Gasteiger partial charge on any atom is -0.388 e. The van der Waals surface area contributed by atoms with Crippen LogP contribution in [0.2, 0.25) is 0 Å². The maximum Gasteiger partial charge on any atom is 0.257 e. The highest BCUT2D eigenvalue weighted by Crippen LogP contribution is 2.06. The van der Waals surface area contributed by atoms with Crippen molar-refractivity contribution in [3.63, 3.8) is 0 Å². The van der Waals surface area contributed by atoms with Gasteiger partial charge in [-0.15, -0.1) is 0 Å². The molecule has 66 valence electrons. The van der Waals surface area contributed by atoms with E-state index in [1.54, 1.807) is 6.20 Å². The molecule has 0 unspecified atom stereocenters.